The molecule has 0 unspecified atom stereocenters. The van der Waals surface area contributed by atoms with Crippen LogP contribution in [0.15, 0.2) is 41.0 Å². The summed E-state index contributed by atoms with van der Waals surface area (Å²) in [5.41, 5.74) is 3.44. The van der Waals surface area contributed by atoms with Crippen molar-refractivity contribution in [1.29, 1.82) is 0 Å². The topological polar surface area (TPSA) is 57.9 Å². The summed E-state index contributed by atoms with van der Waals surface area (Å²) >= 11 is 0. The van der Waals surface area contributed by atoms with Crippen molar-refractivity contribution in [1.82, 2.24) is 0 Å². The van der Waals surface area contributed by atoms with Gasteiger partial charge in [0.05, 0.1) is 32.0 Å². The van der Waals surface area contributed by atoms with Crippen molar-refractivity contribution >= 4 is 16.8 Å². The summed E-state index contributed by atoms with van der Waals surface area (Å²) < 4.78 is 22.5. The summed E-state index contributed by atoms with van der Waals surface area (Å²) in [6.07, 6.45) is 3.07. The van der Waals surface area contributed by atoms with E-state index >= 15 is 0 Å². The number of Topliss-reactive ketones (excluding diaryl/α,β-unsaturated/α-hetero) is 1. The number of ketones is 1. The van der Waals surface area contributed by atoms with Crippen molar-refractivity contribution in [2.45, 2.75) is 24.9 Å². The van der Waals surface area contributed by atoms with Crippen LogP contribution in [0.3, 0.4) is 0 Å². The number of furan rings is 1. The van der Waals surface area contributed by atoms with Gasteiger partial charge in [-0.2, -0.15) is 0 Å². The van der Waals surface area contributed by atoms with Crippen LogP contribution in [0.25, 0.3) is 11.0 Å². The summed E-state index contributed by atoms with van der Waals surface area (Å²) in [5, 5.41) is 0.905. The first-order chi connectivity index (χ1) is 12.7. The van der Waals surface area contributed by atoms with Crippen LogP contribution in [0.1, 0.15) is 33.8 Å². The number of methoxy groups -OCH3 is 2. The van der Waals surface area contributed by atoms with Crippen LogP contribution < -0.4 is 14.2 Å². The molecule has 0 amide bonds. The summed E-state index contributed by atoms with van der Waals surface area (Å²) in [6, 6.07) is 9.45. The van der Waals surface area contributed by atoms with Crippen LogP contribution in [-0.4, -0.2) is 26.1 Å². The summed E-state index contributed by atoms with van der Waals surface area (Å²) in [6.45, 7) is 0. The first kappa shape index (κ1) is 15.3. The summed E-state index contributed by atoms with van der Waals surface area (Å²) in [7, 11) is 3.23. The summed E-state index contributed by atoms with van der Waals surface area (Å²) in [5.74, 6) is 1.70. The van der Waals surface area contributed by atoms with E-state index < -0.39 is 0 Å². The average Bonchev–Trinajstić information content (AvgIpc) is 3.12. The Morgan fingerprint density at radius 3 is 2.69 bits per heavy atom. The quantitative estimate of drug-likeness (QED) is 0.696. The number of carbonyl (C=O) groups is 1. The lowest BCUT2D eigenvalue weighted by atomic mass is 9.75. The molecule has 1 aliphatic carbocycles. The Labute approximate surface area is 150 Å². The van der Waals surface area contributed by atoms with E-state index in [2.05, 4.69) is 0 Å². The molecule has 0 fully saturated rings. The normalized spacial score (nSPS) is 20.8. The van der Waals surface area contributed by atoms with E-state index in [0.717, 1.165) is 34.9 Å². The highest BCUT2D eigenvalue weighted by Gasteiger charge is 2.42. The molecule has 0 N–H and O–H groups in total. The van der Waals surface area contributed by atoms with E-state index in [-0.39, 0.29) is 17.8 Å². The van der Waals surface area contributed by atoms with Crippen LogP contribution in [0.4, 0.5) is 0 Å². The third-order valence-electron chi connectivity index (χ3n) is 5.43. The fraction of sp³-hybridized carbons (Fsp3) is 0.286. The number of rotatable bonds is 2. The van der Waals surface area contributed by atoms with Crippen LogP contribution in [0.2, 0.25) is 0 Å². The predicted molar refractivity (Wildman–Crippen MR) is 95.6 cm³/mol. The zero-order valence-electron chi connectivity index (χ0n) is 14.6. The number of hydrogen-bond acceptors (Lipinski definition) is 5. The Morgan fingerprint density at radius 2 is 1.88 bits per heavy atom. The van der Waals surface area contributed by atoms with E-state index in [4.69, 9.17) is 18.6 Å². The fourth-order valence-electron chi connectivity index (χ4n) is 4.16. The van der Waals surface area contributed by atoms with E-state index in [9.17, 15) is 4.79 Å². The number of ether oxygens (including phenoxy) is 3. The standard InChI is InChI=1S/C21H18O5/c1-23-18-8-11-3-4-15-20(13(11)9-19(18)24-2)21(22)14-7-12-5-6-25-16(12)10-17(14)26-15/h5-10,15,20H,3-4H2,1-2H3/t15-,20-/m0/s1. The molecule has 132 valence electrons. The lowest BCUT2D eigenvalue weighted by Gasteiger charge is -2.37. The molecule has 5 heteroatoms. The highest BCUT2D eigenvalue weighted by atomic mass is 16.5. The molecule has 0 spiro atoms. The smallest absolute Gasteiger partial charge is 0.177 e. The maximum Gasteiger partial charge on any atom is 0.177 e. The van der Waals surface area contributed by atoms with Crippen molar-refractivity contribution in [3.63, 3.8) is 0 Å². The molecule has 2 aliphatic rings. The molecule has 1 aliphatic heterocycles. The van der Waals surface area contributed by atoms with Crippen LogP contribution >= 0.6 is 0 Å². The lowest BCUT2D eigenvalue weighted by molar-refractivity contribution is 0.0748. The number of aryl methyl sites for hydroxylation is 1. The van der Waals surface area contributed by atoms with Gasteiger partial charge in [0.1, 0.15) is 17.4 Å². The number of benzene rings is 2. The second kappa shape index (κ2) is 5.53. The van der Waals surface area contributed by atoms with Gasteiger partial charge < -0.3 is 18.6 Å². The molecule has 2 heterocycles. The van der Waals surface area contributed by atoms with Gasteiger partial charge in [-0.25, -0.2) is 0 Å². The molecule has 0 radical (unpaired) electrons. The van der Waals surface area contributed by atoms with Gasteiger partial charge >= 0.3 is 0 Å². The molecule has 0 saturated heterocycles. The molecule has 0 bridgehead atoms. The minimum atomic E-state index is -0.324. The number of fused-ring (bicyclic) bond motifs is 5. The number of hydrogen-bond donors (Lipinski definition) is 0. The highest BCUT2D eigenvalue weighted by Crippen LogP contribution is 2.46. The SMILES string of the molecule is COc1cc2c(cc1OC)[C@@H]1C(=O)c3cc4ccoc4cc3O[C@H]1CC2. The van der Waals surface area contributed by atoms with Crippen molar-refractivity contribution in [3.8, 4) is 17.2 Å². The van der Waals surface area contributed by atoms with Crippen molar-refractivity contribution in [3.05, 3.63) is 53.3 Å². The van der Waals surface area contributed by atoms with Gasteiger partial charge in [-0.15, -0.1) is 0 Å². The van der Waals surface area contributed by atoms with Crippen LogP contribution in [0, 0.1) is 0 Å². The second-order valence-electron chi connectivity index (χ2n) is 6.75. The Balaban J connectivity index is 1.66. The molecule has 5 rings (SSSR count). The largest absolute Gasteiger partial charge is 0.493 e. The van der Waals surface area contributed by atoms with E-state index in [1.165, 1.54) is 0 Å². The Bertz CT molecular complexity index is 1030. The van der Waals surface area contributed by atoms with Crippen LogP contribution in [0.5, 0.6) is 17.2 Å². The van der Waals surface area contributed by atoms with E-state index in [1.807, 2.05) is 30.3 Å². The average molecular weight is 350 g/mol. The van der Waals surface area contributed by atoms with Gasteiger partial charge in [-0.1, -0.05) is 0 Å². The Hall–Kier alpha value is -2.95. The number of carbonyl (C=O) groups excluding carboxylic acids is 1. The molecule has 2 aromatic carbocycles. The first-order valence-electron chi connectivity index (χ1n) is 8.66. The summed E-state index contributed by atoms with van der Waals surface area (Å²) in [4.78, 5) is 13.4. The maximum atomic E-state index is 13.4. The van der Waals surface area contributed by atoms with Crippen molar-refractivity contribution < 1.29 is 23.4 Å². The zero-order chi connectivity index (χ0) is 17.8. The highest BCUT2D eigenvalue weighted by molar-refractivity contribution is 6.07. The molecule has 0 saturated carbocycles. The van der Waals surface area contributed by atoms with Crippen molar-refractivity contribution in [2.24, 2.45) is 0 Å². The fourth-order valence-corrected chi connectivity index (χ4v) is 4.16. The molecule has 3 aromatic rings. The molecule has 26 heavy (non-hydrogen) atoms. The van der Waals surface area contributed by atoms with Crippen molar-refractivity contribution in [2.75, 3.05) is 14.2 Å². The third kappa shape index (κ3) is 2.06. The maximum absolute atomic E-state index is 13.4. The first-order valence-corrected chi connectivity index (χ1v) is 8.66. The minimum Gasteiger partial charge on any atom is -0.493 e. The zero-order valence-corrected chi connectivity index (χ0v) is 14.6. The van der Waals surface area contributed by atoms with E-state index in [0.29, 0.717) is 22.8 Å². The predicted octanol–water partition coefficient (Wildman–Crippen LogP) is 4.12. The molecule has 2 atom stereocenters. The molecule has 5 nitrogen and oxygen atoms in total. The third-order valence-corrected chi connectivity index (χ3v) is 5.43. The Kier molecular flexibility index (Phi) is 3.26. The van der Waals surface area contributed by atoms with Gasteiger partial charge in [0, 0.05) is 11.5 Å². The van der Waals surface area contributed by atoms with Gasteiger partial charge in [-0.3, -0.25) is 4.79 Å². The monoisotopic (exact) mass is 350 g/mol. The molecule has 1 aromatic heterocycles. The molecular formula is C21H18O5. The Morgan fingerprint density at radius 1 is 1.08 bits per heavy atom. The minimum absolute atomic E-state index is 0.0903. The van der Waals surface area contributed by atoms with Gasteiger partial charge in [-0.05, 0) is 48.2 Å². The van der Waals surface area contributed by atoms with Gasteiger partial charge in [0.15, 0.2) is 17.3 Å². The van der Waals surface area contributed by atoms with Crippen LogP contribution in [-0.2, 0) is 6.42 Å². The van der Waals surface area contributed by atoms with Gasteiger partial charge in [0.2, 0.25) is 0 Å². The lowest BCUT2D eigenvalue weighted by Crippen LogP contribution is -2.39. The van der Waals surface area contributed by atoms with E-state index in [1.54, 1.807) is 20.5 Å². The second-order valence-corrected chi connectivity index (χ2v) is 6.75. The van der Waals surface area contributed by atoms with Gasteiger partial charge in [0.25, 0.3) is 0 Å². The molecular weight excluding hydrogens is 332 g/mol.